The van der Waals surface area contributed by atoms with Crippen molar-refractivity contribution < 1.29 is 4.39 Å². The van der Waals surface area contributed by atoms with Gasteiger partial charge in [-0.3, -0.25) is 4.90 Å². The van der Waals surface area contributed by atoms with E-state index in [9.17, 15) is 4.39 Å². The Morgan fingerprint density at radius 2 is 2.07 bits per heavy atom. The van der Waals surface area contributed by atoms with E-state index in [0.29, 0.717) is 0 Å². The average Bonchev–Trinajstić information content (AvgIpc) is 2.13. The van der Waals surface area contributed by atoms with Crippen molar-refractivity contribution in [3.05, 3.63) is 35.6 Å². The summed E-state index contributed by atoms with van der Waals surface area (Å²) in [5.74, 6) is 0.663. The maximum absolute atomic E-state index is 13.3. The highest BCUT2D eigenvalue weighted by atomic mass is 79.9. The van der Waals surface area contributed by atoms with Gasteiger partial charge in [0, 0.05) is 30.5 Å². The molecule has 1 saturated heterocycles. The molecule has 76 valence electrons. The van der Waals surface area contributed by atoms with Crippen LogP contribution in [-0.4, -0.2) is 23.3 Å². The van der Waals surface area contributed by atoms with Crippen LogP contribution in [0.2, 0.25) is 0 Å². The van der Waals surface area contributed by atoms with E-state index in [1.165, 1.54) is 6.07 Å². The average molecular weight is 258 g/mol. The number of hydrogen-bond donors (Lipinski definition) is 0. The lowest BCUT2D eigenvalue weighted by molar-refractivity contribution is 0.107. The minimum absolute atomic E-state index is 0.0882. The molecule has 1 aromatic carbocycles. The van der Waals surface area contributed by atoms with Crippen molar-refractivity contribution in [2.24, 2.45) is 5.92 Å². The zero-order valence-electron chi connectivity index (χ0n) is 7.92. The molecule has 0 spiro atoms. The first-order chi connectivity index (χ1) is 6.79. The van der Waals surface area contributed by atoms with Gasteiger partial charge in [-0.25, -0.2) is 4.39 Å². The maximum Gasteiger partial charge on any atom is 0.127 e. The molecule has 1 aromatic rings. The number of alkyl halides is 1. The largest absolute Gasteiger partial charge is 0.298 e. The summed E-state index contributed by atoms with van der Waals surface area (Å²) in [5.41, 5.74) is 0.806. The molecule has 1 aliphatic heterocycles. The fourth-order valence-electron chi connectivity index (χ4n) is 1.77. The molecule has 0 aliphatic carbocycles. The van der Waals surface area contributed by atoms with Gasteiger partial charge < -0.3 is 0 Å². The third-order valence-electron chi connectivity index (χ3n) is 2.60. The first-order valence-corrected chi connectivity index (χ1v) is 5.93. The molecule has 0 saturated carbocycles. The molecule has 1 heterocycles. The molecule has 0 bridgehead atoms. The zero-order valence-corrected chi connectivity index (χ0v) is 9.50. The molecule has 0 atom stereocenters. The minimum atomic E-state index is -0.0882. The second-order valence-electron chi connectivity index (χ2n) is 3.81. The third-order valence-corrected chi connectivity index (χ3v) is 3.52. The molecule has 14 heavy (non-hydrogen) atoms. The fraction of sp³-hybridized carbons (Fsp3) is 0.455. The van der Waals surface area contributed by atoms with Crippen LogP contribution in [0.5, 0.6) is 0 Å². The number of rotatable bonds is 3. The highest BCUT2D eigenvalue weighted by Gasteiger charge is 2.25. The summed E-state index contributed by atoms with van der Waals surface area (Å²) in [7, 11) is 0. The molecular formula is C11H13BrFN. The Morgan fingerprint density at radius 1 is 1.36 bits per heavy atom. The van der Waals surface area contributed by atoms with Crippen LogP contribution in [-0.2, 0) is 6.54 Å². The van der Waals surface area contributed by atoms with E-state index in [0.717, 1.165) is 36.4 Å². The van der Waals surface area contributed by atoms with Crippen LogP contribution in [0.25, 0.3) is 0 Å². The quantitative estimate of drug-likeness (QED) is 0.753. The van der Waals surface area contributed by atoms with Crippen molar-refractivity contribution in [3.8, 4) is 0 Å². The molecule has 2 rings (SSSR count). The van der Waals surface area contributed by atoms with Gasteiger partial charge in [-0.15, -0.1) is 0 Å². The summed E-state index contributed by atoms with van der Waals surface area (Å²) < 4.78 is 13.3. The standard InChI is InChI=1S/C11H13BrFN/c12-5-9-6-14(7-9)8-10-3-1-2-4-11(10)13/h1-4,9H,5-8H2. The lowest BCUT2D eigenvalue weighted by atomic mass is 10.0. The van der Waals surface area contributed by atoms with Gasteiger partial charge in [0.1, 0.15) is 5.82 Å². The molecule has 0 amide bonds. The van der Waals surface area contributed by atoms with E-state index < -0.39 is 0 Å². The van der Waals surface area contributed by atoms with Crippen LogP contribution in [0, 0.1) is 11.7 Å². The van der Waals surface area contributed by atoms with Crippen molar-refractivity contribution in [3.63, 3.8) is 0 Å². The monoisotopic (exact) mass is 257 g/mol. The Hall–Kier alpha value is -0.410. The highest BCUT2D eigenvalue weighted by Crippen LogP contribution is 2.20. The molecule has 1 fully saturated rings. The molecule has 1 aliphatic rings. The van der Waals surface area contributed by atoms with Crippen LogP contribution in [0.1, 0.15) is 5.56 Å². The maximum atomic E-state index is 13.3. The Labute approximate surface area is 92.0 Å². The van der Waals surface area contributed by atoms with Gasteiger partial charge in [0.2, 0.25) is 0 Å². The number of likely N-dealkylation sites (tertiary alicyclic amines) is 1. The second kappa shape index (κ2) is 4.41. The topological polar surface area (TPSA) is 3.24 Å². The van der Waals surface area contributed by atoms with Crippen molar-refractivity contribution in [2.75, 3.05) is 18.4 Å². The van der Waals surface area contributed by atoms with Crippen LogP contribution in [0.3, 0.4) is 0 Å². The van der Waals surface area contributed by atoms with E-state index in [1.807, 2.05) is 12.1 Å². The molecule has 0 N–H and O–H groups in total. The Balaban J connectivity index is 1.90. The zero-order chi connectivity index (χ0) is 9.97. The number of halogens is 2. The Kier molecular flexibility index (Phi) is 3.19. The summed E-state index contributed by atoms with van der Waals surface area (Å²) in [6, 6.07) is 7.00. The van der Waals surface area contributed by atoms with Crippen molar-refractivity contribution in [1.29, 1.82) is 0 Å². The first-order valence-electron chi connectivity index (χ1n) is 4.81. The van der Waals surface area contributed by atoms with Crippen LogP contribution < -0.4 is 0 Å². The van der Waals surface area contributed by atoms with Gasteiger partial charge in [-0.05, 0) is 12.0 Å². The van der Waals surface area contributed by atoms with Crippen LogP contribution in [0.4, 0.5) is 4.39 Å². The van der Waals surface area contributed by atoms with Gasteiger partial charge >= 0.3 is 0 Å². The first kappa shape index (κ1) is 10.1. The van der Waals surface area contributed by atoms with Crippen LogP contribution in [0.15, 0.2) is 24.3 Å². The Bertz CT molecular complexity index is 310. The summed E-state index contributed by atoms with van der Waals surface area (Å²) in [5, 5.41) is 1.06. The molecular weight excluding hydrogens is 245 g/mol. The van der Waals surface area contributed by atoms with Gasteiger partial charge in [-0.1, -0.05) is 34.1 Å². The van der Waals surface area contributed by atoms with E-state index in [4.69, 9.17) is 0 Å². The van der Waals surface area contributed by atoms with E-state index in [-0.39, 0.29) is 5.82 Å². The van der Waals surface area contributed by atoms with E-state index in [2.05, 4.69) is 20.8 Å². The van der Waals surface area contributed by atoms with Gasteiger partial charge in [0.05, 0.1) is 0 Å². The molecule has 0 unspecified atom stereocenters. The van der Waals surface area contributed by atoms with E-state index >= 15 is 0 Å². The predicted molar refractivity (Wildman–Crippen MR) is 59.0 cm³/mol. The molecule has 0 radical (unpaired) electrons. The minimum Gasteiger partial charge on any atom is -0.298 e. The Morgan fingerprint density at radius 3 is 2.71 bits per heavy atom. The molecule has 3 heteroatoms. The number of nitrogens with zero attached hydrogens (tertiary/aromatic N) is 1. The van der Waals surface area contributed by atoms with Crippen molar-refractivity contribution in [2.45, 2.75) is 6.54 Å². The second-order valence-corrected chi connectivity index (χ2v) is 4.45. The summed E-state index contributed by atoms with van der Waals surface area (Å²) >= 11 is 3.45. The van der Waals surface area contributed by atoms with E-state index in [1.54, 1.807) is 6.07 Å². The number of hydrogen-bond acceptors (Lipinski definition) is 1. The SMILES string of the molecule is Fc1ccccc1CN1CC(CBr)C1. The lowest BCUT2D eigenvalue weighted by Gasteiger charge is -2.38. The molecule has 0 aromatic heterocycles. The normalized spacial score (nSPS) is 18.1. The lowest BCUT2D eigenvalue weighted by Crippen LogP contribution is -2.46. The van der Waals surface area contributed by atoms with Gasteiger partial charge in [0.15, 0.2) is 0 Å². The molecule has 1 nitrogen and oxygen atoms in total. The highest BCUT2D eigenvalue weighted by molar-refractivity contribution is 9.09. The summed E-state index contributed by atoms with van der Waals surface area (Å²) in [6.45, 7) is 2.91. The summed E-state index contributed by atoms with van der Waals surface area (Å²) in [6.07, 6.45) is 0. The third kappa shape index (κ3) is 2.15. The van der Waals surface area contributed by atoms with Gasteiger partial charge in [0.25, 0.3) is 0 Å². The summed E-state index contributed by atoms with van der Waals surface area (Å²) in [4.78, 5) is 2.27. The number of benzene rings is 1. The van der Waals surface area contributed by atoms with Crippen molar-refractivity contribution >= 4 is 15.9 Å². The van der Waals surface area contributed by atoms with Crippen LogP contribution >= 0.6 is 15.9 Å². The smallest absolute Gasteiger partial charge is 0.127 e. The van der Waals surface area contributed by atoms with Gasteiger partial charge in [-0.2, -0.15) is 0 Å². The van der Waals surface area contributed by atoms with Crippen molar-refractivity contribution in [1.82, 2.24) is 4.90 Å². The predicted octanol–water partition coefficient (Wildman–Crippen LogP) is 2.65. The fourth-order valence-corrected chi connectivity index (χ4v) is 2.18.